The molecule has 1 fully saturated rings. The first-order chi connectivity index (χ1) is 7.55. The van der Waals surface area contributed by atoms with Gasteiger partial charge in [0.15, 0.2) is 0 Å². The molecule has 1 unspecified atom stereocenters. The van der Waals surface area contributed by atoms with E-state index in [2.05, 4.69) is 40.1 Å². The van der Waals surface area contributed by atoms with E-state index >= 15 is 0 Å². The van der Waals surface area contributed by atoms with Crippen molar-refractivity contribution in [1.82, 2.24) is 10.3 Å². The van der Waals surface area contributed by atoms with Crippen LogP contribution >= 0.6 is 15.9 Å². The molecule has 0 radical (unpaired) electrons. The van der Waals surface area contributed by atoms with E-state index in [4.69, 9.17) is 0 Å². The van der Waals surface area contributed by atoms with E-state index < -0.39 is 5.60 Å². The minimum absolute atomic E-state index is 0.194. The molecule has 1 aliphatic heterocycles. The summed E-state index contributed by atoms with van der Waals surface area (Å²) in [6, 6.07) is 3.84. The van der Waals surface area contributed by atoms with Gasteiger partial charge in [0.2, 0.25) is 0 Å². The summed E-state index contributed by atoms with van der Waals surface area (Å²) in [6.45, 7) is 5.84. The van der Waals surface area contributed by atoms with E-state index in [0.717, 1.165) is 23.3 Å². The normalized spacial score (nSPS) is 35.0. The molecule has 2 heterocycles. The van der Waals surface area contributed by atoms with Crippen molar-refractivity contribution < 1.29 is 5.11 Å². The third kappa shape index (κ3) is 1.90. The average molecular weight is 285 g/mol. The standard InChI is InChI=1S/C12H17BrN2O/c1-8-5-14-6-9(2)12(8,16)10-3-4-11(13)15-7-10/h3-4,7-9,14,16H,5-6H2,1-2H3/t8-,9+,12?. The molecule has 0 bridgehead atoms. The molecule has 2 rings (SSSR count). The van der Waals surface area contributed by atoms with Gasteiger partial charge in [-0.15, -0.1) is 0 Å². The first kappa shape index (κ1) is 12.0. The highest BCUT2D eigenvalue weighted by molar-refractivity contribution is 9.10. The highest BCUT2D eigenvalue weighted by Gasteiger charge is 2.43. The maximum atomic E-state index is 10.9. The molecule has 1 aliphatic rings. The molecule has 0 aromatic carbocycles. The van der Waals surface area contributed by atoms with Crippen LogP contribution in [0.5, 0.6) is 0 Å². The SMILES string of the molecule is C[C@@H]1CNC[C@H](C)C1(O)c1ccc(Br)nc1. The van der Waals surface area contributed by atoms with Crippen molar-refractivity contribution in [1.29, 1.82) is 0 Å². The zero-order valence-corrected chi connectivity index (χ0v) is 11.2. The fraction of sp³-hybridized carbons (Fsp3) is 0.583. The van der Waals surface area contributed by atoms with Gasteiger partial charge >= 0.3 is 0 Å². The molecular formula is C12H17BrN2O. The average Bonchev–Trinajstić information content (AvgIpc) is 2.27. The zero-order valence-electron chi connectivity index (χ0n) is 9.57. The van der Waals surface area contributed by atoms with Gasteiger partial charge in [0.1, 0.15) is 4.60 Å². The second kappa shape index (κ2) is 4.43. The molecule has 1 saturated heterocycles. The van der Waals surface area contributed by atoms with Gasteiger partial charge in [0.25, 0.3) is 0 Å². The van der Waals surface area contributed by atoms with Crippen LogP contribution in [0.2, 0.25) is 0 Å². The molecule has 3 nitrogen and oxygen atoms in total. The summed E-state index contributed by atoms with van der Waals surface area (Å²) in [5.74, 6) is 0.387. The summed E-state index contributed by atoms with van der Waals surface area (Å²) in [6.07, 6.45) is 1.77. The second-order valence-electron chi connectivity index (χ2n) is 4.66. The minimum Gasteiger partial charge on any atom is -0.384 e. The number of aliphatic hydroxyl groups is 1. The van der Waals surface area contributed by atoms with Crippen LogP contribution in [0.3, 0.4) is 0 Å². The Morgan fingerprint density at radius 1 is 1.38 bits per heavy atom. The number of hydrogen-bond acceptors (Lipinski definition) is 3. The van der Waals surface area contributed by atoms with Gasteiger partial charge in [-0.25, -0.2) is 4.98 Å². The quantitative estimate of drug-likeness (QED) is 0.775. The predicted molar refractivity (Wildman–Crippen MR) is 67.0 cm³/mol. The van der Waals surface area contributed by atoms with Crippen LogP contribution in [0.25, 0.3) is 0 Å². The Hall–Kier alpha value is -0.450. The van der Waals surface area contributed by atoms with Crippen LogP contribution in [-0.4, -0.2) is 23.2 Å². The topological polar surface area (TPSA) is 45.1 Å². The van der Waals surface area contributed by atoms with Crippen LogP contribution < -0.4 is 5.32 Å². The minimum atomic E-state index is -0.765. The van der Waals surface area contributed by atoms with E-state index in [0.29, 0.717) is 0 Å². The van der Waals surface area contributed by atoms with E-state index in [-0.39, 0.29) is 11.8 Å². The summed E-state index contributed by atoms with van der Waals surface area (Å²) in [7, 11) is 0. The number of aromatic nitrogens is 1. The van der Waals surface area contributed by atoms with Crippen LogP contribution in [-0.2, 0) is 5.60 Å². The fourth-order valence-corrected chi connectivity index (χ4v) is 2.73. The summed E-state index contributed by atoms with van der Waals surface area (Å²) >= 11 is 3.31. The molecule has 3 atom stereocenters. The summed E-state index contributed by atoms with van der Waals surface area (Å²) < 4.78 is 0.800. The molecule has 2 N–H and O–H groups in total. The lowest BCUT2D eigenvalue weighted by Crippen LogP contribution is -2.52. The van der Waals surface area contributed by atoms with E-state index in [1.807, 2.05) is 12.1 Å². The summed E-state index contributed by atoms with van der Waals surface area (Å²) in [5.41, 5.74) is 0.149. The Bertz CT molecular complexity index is 356. The van der Waals surface area contributed by atoms with Crippen molar-refractivity contribution in [2.45, 2.75) is 19.4 Å². The van der Waals surface area contributed by atoms with Gasteiger partial charge in [0.05, 0.1) is 5.60 Å². The summed E-state index contributed by atoms with van der Waals surface area (Å²) in [5, 5.41) is 14.2. The molecule has 0 amide bonds. The Labute approximate surface area is 104 Å². The second-order valence-corrected chi connectivity index (χ2v) is 5.47. The highest BCUT2D eigenvalue weighted by Crippen LogP contribution is 2.38. The molecule has 0 spiro atoms. The third-order valence-corrected chi connectivity index (χ3v) is 4.06. The van der Waals surface area contributed by atoms with Crippen molar-refractivity contribution >= 4 is 15.9 Å². The van der Waals surface area contributed by atoms with Crippen molar-refractivity contribution in [3.8, 4) is 0 Å². The maximum absolute atomic E-state index is 10.9. The molecule has 88 valence electrons. The van der Waals surface area contributed by atoms with Gasteiger partial charge in [-0.05, 0) is 22.0 Å². The van der Waals surface area contributed by atoms with E-state index in [1.54, 1.807) is 6.20 Å². The Morgan fingerprint density at radius 2 is 2.00 bits per heavy atom. The highest BCUT2D eigenvalue weighted by atomic mass is 79.9. The van der Waals surface area contributed by atoms with Crippen LogP contribution in [0.1, 0.15) is 19.4 Å². The number of rotatable bonds is 1. The Balaban J connectivity index is 2.38. The first-order valence-corrected chi connectivity index (χ1v) is 6.39. The van der Waals surface area contributed by atoms with Gasteiger partial charge in [0, 0.05) is 36.7 Å². The van der Waals surface area contributed by atoms with Crippen LogP contribution in [0.4, 0.5) is 0 Å². The number of nitrogens with one attached hydrogen (secondary N) is 1. The molecule has 0 saturated carbocycles. The Kier molecular flexibility index (Phi) is 3.33. The van der Waals surface area contributed by atoms with Gasteiger partial charge < -0.3 is 10.4 Å². The smallest absolute Gasteiger partial charge is 0.106 e. The number of piperidine rings is 1. The van der Waals surface area contributed by atoms with Crippen molar-refractivity contribution in [2.24, 2.45) is 11.8 Å². The molecule has 16 heavy (non-hydrogen) atoms. The lowest BCUT2D eigenvalue weighted by atomic mass is 9.72. The van der Waals surface area contributed by atoms with Gasteiger partial charge in [-0.2, -0.15) is 0 Å². The fourth-order valence-electron chi connectivity index (χ4n) is 2.49. The number of halogens is 1. The molecule has 1 aromatic rings. The van der Waals surface area contributed by atoms with E-state index in [1.165, 1.54) is 0 Å². The van der Waals surface area contributed by atoms with Crippen molar-refractivity contribution in [3.63, 3.8) is 0 Å². The number of pyridine rings is 1. The Morgan fingerprint density at radius 3 is 2.50 bits per heavy atom. The summed E-state index contributed by atoms with van der Waals surface area (Å²) in [4.78, 5) is 4.20. The monoisotopic (exact) mass is 284 g/mol. The zero-order chi connectivity index (χ0) is 11.8. The van der Waals surface area contributed by atoms with Crippen molar-refractivity contribution in [3.05, 3.63) is 28.5 Å². The lowest BCUT2D eigenvalue weighted by molar-refractivity contribution is -0.0809. The van der Waals surface area contributed by atoms with Crippen LogP contribution in [0, 0.1) is 11.8 Å². The predicted octanol–water partition coefficient (Wildman–Crippen LogP) is 1.91. The molecule has 1 aromatic heterocycles. The van der Waals surface area contributed by atoms with Crippen LogP contribution in [0.15, 0.2) is 22.9 Å². The maximum Gasteiger partial charge on any atom is 0.106 e. The van der Waals surface area contributed by atoms with E-state index in [9.17, 15) is 5.11 Å². The van der Waals surface area contributed by atoms with Gasteiger partial charge in [-0.1, -0.05) is 19.9 Å². The largest absolute Gasteiger partial charge is 0.384 e. The molecular weight excluding hydrogens is 268 g/mol. The third-order valence-electron chi connectivity index (χ3n) is 3.59. The molecule has 0 aliphatic carbocycles. The van der Waals surface area contributed by atoms with Gasteiger partial charge in [-0.3, -0.25) is 0 Å². The molecule has 4 heteroatoms. The number of hydrogen-bond donors (Lipinski definition) is 2. The van der Waals surface area contributed by atoms with Crippen molar-refractivity contribution in [2.75, 3.05) is 13.1 Å². The lowest BCUT2D eigenvalue weighted by Gasteiger charge is -2.43. The number of nitrogens with zero attached hydrogens (tertiary/aromatic N) is 1. The first-order valence-electron chi connectivity index (χ1n) is 5.60.